The van der Waals surface area contributed by atoms with Gasteiger partial charge in [0.25, 0.3) is 5.91 Å². The smallest absolute Gasteiger partial charge is 0.326 e. The predicted octanol–water partition coefficient (Wildman–Crippen LogP) is 0.935. The number of phenolic OH excluding ortho intramolecular Hbond substituents is 4. The van der Waals surface area contributed by atoms with Crippen molar-refractivity contribution in [3.8, 4) is 23.0 Å². The van der Waals surface area contributed by atoms with E-state index >= 15 is 0 Å². The molecule has 0 radical (unpaired) electrons. The SMILES string of the molecule is O=C(NC(Cc1ccc(O)cc1)C(=O)O)c1cc(O)c(O)c(O)c1. The van der Waals surface area contributed by atoms with Gasteiger partial charge in [0, 0.05) is 12.0 Å². The van der Waals surface area contributed by atoms with Crippen LogP contribution in [0.1, 0.15) is 15.9 Å². The number of benzene rings is 2. The van der Waals surface area contributed by atoms with Gasteiger partial charge in [0.1, 0.15) is 11.8 Å². The standard InChI is InChI=1S/C16H15NO7/c18-10-3-1-8(2-4-10)5-11(16(23)24)17-15(22)9-6-12(19)14(21)13(20)7-9/h1-4,6-7,11,18-21H,5H2,(H,17,22)(H,23,24). The molecule has 126 valence electrons. The lowest BCUT2D eigenvalue weighted by atomic mass is 10.0. The summed E-state index contributed by atoms with van der Waals surface area (Å²) in [6.45, 7) is 0. The van der Waals surface area contributed by atoms with Crippen molar-refractivity contribution in [1.82, 2.24) is 5.32 Å². The highest BCUT2D eigenvalue weighted by atomic mass is 16.4. The predicted molar refractivity (Wildman–Crippen MR) is 82.1 cm³/mol. The van der Waals surface area contributed by atoms with Gasteiger partial charge in [-0.15, -0.1) is 0 Å². The summed E-state index contributed by atoms with van der Waals surface area (Å²) in [7, 11) is 0. The molecule has 0 saturated heterocycles. The molecule has 1 amide bonds. The largest absolute Gasteiger partial charge is 0.508 e. The zero-order chi connectivity index (χ0) is 17.9. The van der Waals surface area contributed by atoms with Crippen LogP contribution in [0.25, 0.3) is 0 Å². The number of amides is 1. The number of rotatable bonds is 5. The van der Waals surface area contributed by atoms with Crippen LogP contribution in [0.5, 0.6) is 23.0 Å². The van der Waals surface area contributed by atoms with Crippen LogP contribution in [0.3, 0.4) is 0 Å². The highest BCUT2D eigenvalue weighted by Gasteiger charge is 2.22. The van der Waals surface area contributed by atoms with Gasteiger partial charge in [-0.25, -0.2) is 4.79 Å². The van der Waals surface area contributed by atoms with Crippen LogP contribution >= 0.6 is 0 Å². The fourth-order valence-corrected chi connectivity index (χ4v) is 2.04. The molecule has 0 saturated carbocycles. The van der Waals surface area contributed by atoms with Gasteiger partial charge in [0.05, 0.1) is 0 Å². The van der Waals surface area contributed by atoms with E-state index in [9.17, 15) is 35.1 Å². The molecule has 0 aliphatic rings. The number of carbonyl (C=O) groups excluding carboxylic acids is 1. The van der Waals surface area contributed by atoms with Gasteiger partial charge in [-0.2, -0.15) is 0 Å². The lowest BCUT2D eigenvalue weighted by Crippen LogP contribution is -2.42. The van der Waals surface area contributed by atoms with E-state index < -0.39 is 35.2 Å². The molecule has 0 aliphatic carbocycles. The molecule has 0 aliphatic heterocycles. The Labute approximate surface area is 136 Å². The van der Waals surface area contributed by atoms with Gasteiger partial charge in [-0.3, -0.25) is 4.79 Å². The van der Waals surface area contributed by atoms with E-state index in [1.807, 2.05) is 0 Å². The third kappa shape index (κ3) is 3.86. The number of carboxylic acid groups (broad SMARTS) is 1. The second-order valence-electron chi connectivity index (χ2n) is 5.10. The molecule has 0 heterocycles. The Balaban J connectivity index is 2.17. The summed E-state index contributed by atoms with van der Waals surface area (Å²) in [5.74, 6) is -4.26. The number of hydrogen-bond acceptors (Lipinski definition) is 6. The van der Waals surface area contributed by atoms with Gasteiger partial charge >= 0.3 is 5.97 Å². The topological polar surface area (TPSA) is 147 Å². The Hall–Kier alpha value is -3.42. The van der Waals surface area contributed by atoms with Crippen molar-refractivity contribution in [2.75, 3.05) is 0 Å². The zero-order valence-corrected chi connectivity index (χ0v) is 12.3. The minimum Gasteiger partial charge on any atom is -0.508 e. The zero-order valence-electron chi connectivity index (χ0n) is 12.3. The normalized spacial score (nSPS) is 11.7. The van der Waals surface area contributed by atoms with Gasteiger partial charge in [0.2, 0.25) is 0 Å². The molecule has 8 nitrogen and oxygen atoms in total. The summed E-state index contributed by atoms with van der Waals surface area (Å²) >= 11 is 0. The summed E-state index contributed by atoms with van der Waals surface area (Å²) in [5, 5.41) is 48.8. The molecular weight excluding hydrogens is 318 g/mol. The average molecular weight is 333 g/mol. The summed E-state index contributed by atoms with van der Waals surface area (Å²) < 4.78 is 0. The van der Waals surface area contributed by atoms with Crippen molar-refractivity contribution in [3.05, 3.63) is 47.5 Å². The van der Waals surface area contributed by atoms with Crippen LogP contribution in [-0.4, -0.2) is 43.5 Å². The molecule has 0 bridgehead atoms. The van der Waals surface area contributed by atoms with Crippen molar-refractivity contribution >= 4 is 11.9 Å². The van der Waals surface area contributed by atoms with Gasteiger partial charge < -0.3 is 30.8 Å². The van der Waals surface area contributed by atoms with E-state index in [1.54, 1.807) is 0 Å². The first kappa shape index (κ1) is 16.9. The highest BCUT2D eigenvalue weighted by molar-refractivity contribution is 5.97. The van der Waals surface area contributed by atoms with Crippen molar-refractivity contribution in [2.45, 2.75) is 12.5 Å². The Morgan fingerprint density at radius 2 is 1.50 bits per heavy atom. The first-order valence-electron chi connectivity index (χ1n) is 6.84. The van der Waals surface area contributed by atoms with Crippen molar-refractivity contribution in [2.24, 2.45) is 0 Å². The maximum Gasteiger partial charge on any atom is 0.326 e. The number of aliphatic carboxylic acids is 1. The third-order valence-electron chi connectivity index (χ3n) is 3.31. The maximum atomic E-state index is 12.1. The number of carboxylic acids is 1. The Morgan fingerprint density at radius 3 is 2.00 bits per heavy atom. The fraction of sp³-hybridized carbons (Fsp3) is 0.125. The first-order valence-corrected chi connectivity index (χ1v) is 6.84. The second-order valence-corrected chi connectivity index (χ2v) is 5.10. The molecule has 6 N–H and O–H groups in total. The van der Waals surface area contributed by atoms with E-state index in [0.717, 1.165) is 12.1 Å². The number of hydrogen-bond donors (Lipinski definition) is 6. The monoisotopic (exact) mass is 333 g/mol. The van der Waals surface area contributed by atoms with Crippen LogP contribution in [0.2, 0.25) is 0 Å². The lowest BCUT2D eigenvalue weighted by molar-refractivity contribution is -0.139. The quantitative estimate of drug-likeness (QED) is 0.446. The molecular formula is C16H15NO7. The number of aromatic hydroxyl groups is 4. The van der Waals surface area contributed by atoms with Crippen LogP contribution in [0.4, 0.5) is 0 Å². The van der Waals surface area contributed by atoms with E-state index in [2.05, 4.69) is 5.32 Å². The summed E-state index contributed by atoms with van der Waals surface area (Å²) in [5.41, 5.74) is 0.372. The summed E-state index contributed by atoms with van der Waals surface area (Å²) in [6.07, 6.45) is -0.0304. The molecule has 0 aromatic heterocycles. The fourth-order valence-electron chi connectivity index (χ4n) is 2.04. The van der Waals surface area contributed by atoms with Crippen LogP contribution in [0, 0.1) is 0 Å². The van der Waals surface area contributed by atoms with Crippen molar-refractivity contribution in [3.63, 3.8) is 0 Å². The molecule has 2 aromatic carbocycles. The maximum absolute atomic E-state index is 12.1. The molecule has 1 atom stereocenters. The second kappa shape index (κ2) is 6.78. The number of phenols is 4. The number of carbonyl (C=O) groups is 2. The molecule has 2 aromatic rings. The molecule has 1 unspecified atom stereocenters. The molecule has 24 heavy (non-hydrogen) atoms. The Bertz CT molecular complexity index is 747. The van der Waals surface area contributed by atoms with Crippen LogP contribution in [0.15, 0.2) is 36.4 Å². The summed E-state index contributed by atoms with van der Waals surface area (Å²) in [6, 6.07) is 6.39. The lowest BCUT2D eigenvalue weighted by Gasteiger charge is -2.15. The minimum atomic E-state index is -1.27. The van der Waals surface area contributed by atoms with E-state index in [4.69, 9.17) is 0 Å². The van der Waals surface area contributed by atoms with E-state index in [1.165, 1.54) is 24.3 Å². The van der Waals surface area contributed by atoms with Gasteiger partial charge in [-0.05, 0) is 29.8 Å². The van der Waals surface area contributed by atoms with Gasteiger partial charge in [-0.1, -0.05) is 12.1 Å². The highest BCUT2D eigenvalue weighted by Crippen LogP contribution is 2.35. The number of nitrogens with one attached hydrogen (secondary N) is 1. The van der Waals surface area contributed by atoms with Crippen molar-refractivity contribution in [1.29, 1.82) is 0 Å². The average Bonchev–Trinajstić information content (AvgIpc) is 2.53. The Kier molecular flexibility index (Phi) is 4.78. The van der Waals surface area contributed by atoms with E-state index in [0.29, 0.717) is 5.56 Å². The Morgan fingerprint density at radius 1 is 0.958 bits per heavy atom. The molecule has 0 fully saturated rings. The third-order valence-corrected chi connectivity index (χ3v) is 3.31. The van der Waals surface area contributed by atoms with Gasteiger partial charge in [0.15, 0.2) is 17.2 Å². The van der Waals surface area contributed by atoms with Crippen molar-refractivity contribution < 1.29 is 35.1 Å². The minimum absolute atomic E-state index is 0.0304. The van der Waals surface area contributed by atoms with E-state index in [-0.39, 0.29) is 17.7 Å². The van der Waals surface area contributed by atoms with Crippen LogP contribution < -0.4 is 5.32 Å². The molecule has 8 heteroatoms. The molecule has 0 spiro atoms. The molecule has 2 rings (SSSR count). The van der Waals surface area contributed by atoms with Crippen LogP contribution in [-0.2, 0) is 11.2 Å². The first-order chi connectivity index (χ1) is 11.3. The summed E-state index contributed by atoms with van der Waals surface area (Å²) in [4.78, 5) is 23.4.